The lowest BCUT2D eigenvalue weighted by Gasteiger charge is -2.17. The first-order valence-electron chi connectivity index (χ1n) is 29.3. The maximum atomic E-state index is 12.4. The Bertz CT molecular complexity index is 3660. The van der Waals surface area contributed by atoms with Gasteiger partial charge in [-0.05, 0) is 82.6 Å². The lowest BCUT2D eigenvalue weighted by molar-refractivity contribution is 0.136. The van der Waals surface area contributed by atoms with Crippen LogP contribution in [0.2, 0.25) is 0 Å². The number of anilines is 2. The average molecular weight is 1470 g/mol. The number of phenols is 2. The number of hydrogen-bond donors (Lipinski definition) is 20. The highest BCUT2D eigenvalue weighted by Gasteiger charge is 2.25. The Balaban J connectivity index is 0.000000655. The summed E-state index contributed by atoms with van der Waals surface area (Å²) in [5.41, 5.74) is 9.31. The van der Waals surface area contributed by atoms with Gasteiger partial charge in [0.1, 0.15) is 31.0 Å². The molecule has 0 aliphatic carbocycles. The van der Waals surface area contributed by atoms with Gasteiger partial charge >= 0.3 is 0 Å². The molecule has 6 aromatic rings. The molecule has 0 unspecified atom stereocenters. The number of fused-ring (bicyclic) bond motifs is 2. The second-order valence-electron chi connectivity index (χ2n) is 20.2. The van der Waals surface area contributed by atoms with Crippen LogP contribution in [0.4, 0.5) is 34.1 Å². The Morgan fingerprint density at radius 1 is 0.316 bits per heavy atom. The van der Waals surface area contributed by atoms with E-state index in [1.54, 1.807) is 19.6 Å². The molecule has 0 saturated carbocycles. The highest BCUT2D eigenvalue weighted by atomic mass is 32.2. The van der Waals surface area contributed by atoms with Crippen LogP contribution in [0.5, 0.6) is 11.5 Å². The van der Waals surface area contributed by atoms with E-state index in [1.165, 1.54) is 36.4 Å². The van der Waals surface area contributed by atoms with Gasteiger partial charge < -0.3 is 83.0 Å². The SMILES string of the molecule is Nc1ccc2cc(S(=O)(=O)O)c(N=Nc3ccc(C=Cc4ccc(N=Nc5c(S(=O)(=O)O)cc6ccc(N)cc6c5O)cc4S(=O)(=O)O)c(S(=O)(=O)O)c3)c(O)c2c1.OCCN(CCO)CCO.OCCN(CCO)CCO.OCCN(CCO)CCO.OCCN(CCO)CCO. The second kappa shape index (κ2) is 44.2. The zero-order valence-electron chi connectivity index (χ0n) is 52.9. The minimum atomic E-state index is -5.06. The first kappa shape index (κ1) is 87.1. The molecule has 0 aromatic heterocycles. The summed E-state index contributed by atoms with van der Waals surface area (Å²) in [6, 6.07) is 16.3. The molecule has 0 amide bonds. The molecule has 0 saturated heterocycles. The van der Waals surface area contributed by atoms with Gasteiger partial charge in [0.2, 0.25) is 0 Å². The predicted molar refractivity (Wildman–Crippen MR) is 360 cm³/mol. The molecule has 0 aliphatic heterocycles. The first-order chi connectivity index (χ1) is 46.3. The number of nitrogens with two attached hydrogens (primary N) is 2. The number of rotatable bonds is 34. The van der Waals surface area contributed by atoms with Gasteiger partial charge in [0.05, 0.1) is 90.7 Å². The smallest absolute Gasteiger partial charge is 0.296 e. The number of hydrogen-bond acceptors (Lipinski definition) is 32. The Morgan fingerprint density at radius 3 is 0.765 bits per heavy atom. The molecule has 0 aliphatic rings. The van der Waals surface area contributed by atoms with Crippen LogP contribution >= 0.6 is 0 Å². The molecule has 6 aromatic carbocycles. The van der Waals surface area contributed by atoms with Crippen LogP contribution in [-0.4, -0.2) is 301 Å². The van der Waals surface area contributed by atoms with Gasteiger partial charge in [0.25, 0.3) is 40.5 Å². The third-order valence-corrected chi connectivity index (χ3v) is 16.8. The van der Waals surface area contributed by atoms with Crippen molar-refractivity contribution in [2.75, 3.05) is 169 Å². The number of azo groups is 2. The van der Waals surface area contributed by atoms with E-state index in [0.29, 0.717) is 78.5 Å². The van der Waals surface area contributed by atoms with E-state index in [4.69, 9.17) is 72.7 Å². The Kier molecular flexibility index (Phi) is 39.3. The van der Waals surface area contributed by atoms with Crippen LogP contribution in [0.1, 0.15) is 11.1 Å². The molecule has 22 N–H and O–H groups in total. The summed E-state index contributed by atoms with van der Waals surface area (Å²) in [7, 11) is -20.1. The molecule has 548 valence electrons. The van der Waals surface area contributed by atoms with E-state index in [-0.39, 0.29) is 135 Å². The van der Waals surface area contributed by atoms with E-state index in [0.717, 1.165) is 60.7 Å². The fraction of sp³-hybridized carbons (Fsp3) is 0.414. The van der Waals surface area contributed by atoms with Gasteiger partial charge in [-0.25, -0.2) is 0 Å². The summed E-state index contributed by atoms with van der Waals surface area (Å²) >= 11 is 0. The van der Waals surface area contributed by atoms with Crippen LogP contribution in [0.15, 0.2) is 125 Å². The fourth-order valence-corrected chi connectivity index (χ4v) is 11.4. The van der Waals surface area contributed by atoms with Gasteiger partial charge in [0.15, 0.2) is 11.5 Å². The molecular formula is C58H86N10O26S4. The van der Waals surface area contributed by atoms with Crippen LogP contribution in [0.3, 0.4) is 0 Å². The number of aliphatic hydroxyl groups is 12. The second-order valence-corrected chi connectivity index (χ2v) is 25.8. The van der Waals surface area contributed by atoms with E-state index in [9.17, 15) is 62.1 Å². The van der Waals surface area contributed by atoms with Crippen molar-refractivity contribution < 1.29 is 123 Å². The topological polar surface area (TPSA) is 615 Å². The van der Waals surface area contributed by atoms with Crippen molar-refractivity contribution in [3.63, 3.8) is 0 Å². The molecule has 36 nitrogen and oxygen atoms in total. The van der Waals surface area contributed by atoms with Crippen molar-refractivity contribution in [3.8, 4) is 11.5 Å². The standard InChI is InChI=1S/C34H26N6O14S4.4C6H15NO3/c35-21-7-3-19-11-29(57(49,50)51)31(33(41)25(19)13-21)39-37-23-9-5-17(27(15-23)55(43,44)45)1-2-18-6-10-24(16-28(18)56(46,47)48)38-40-32-30(58(52,53)54)12-20-4-8-22(36)14-26(20)34(32)42;4*8-4-1-7(2-5-9)3-6-10/h1-16,41-42H,35-36H2,(H,43,44,45)(H,46,47,48)(H,49,50,51)(H,52,53,54);4*8-10H,1-6H2. The van der Waals surface area contributed by atoms with Crippen LogP contribution in [0.25, 0.3) is 33.7 Å². The quantitative estimate of drug-likeness (QED) is 0.0106. The summed E-state index contributed by atoms with van der Waals surface area (Å²) in [4.78, 5) is 3.86. The molecule has 6 rings (SSSR count). The van der Waals surface area contributed by atoms with Crippen molar-refractivity contribution in [2.24, 2.45) is 20.5 Å². The molecule has 98 heavy (non-hydrogen) atoms. The van der Waals surface area contributed by atoms with Crippen molar-refractivity contribution >= 4 is 108 Å². The van der Waals surface area contributed by atoms with Gasteiger partial charge in [-0.3, -0.25) is 37.8 Å². The molecule has 0 atom stereocenters. The Morgan fingerprint density at radius 2 is 0.551 bits per heavy atom. The van der Waals surface area contributed by atoms with Crippen LogP contribution in [0, 0.1) is 0 Å². The number of aliphatic hydroxyl groups excluding tert-OH is 12. The number of aromatic hydroxyl groups is 2. The summed E-state index contributed by atoms with van der Waals surface area (Å²) in [6.45, 7) is 7.01. The monoisotopic (exact) mass is 1470 g/mol. The highest BCUT2D eigenvalue weighted by Crippen LogP contribution is 2.44. The summed E-state index contributed by atoms with van der Waals surface area (Å²) in [6.07, 6.45) is 2.06. The number of nitrogen functional groups attached to an aromatic ring is 2. The first-order valence-corrected chi connectivity index (χ1v) is 35.1. The van der Waals surface area contributed by atoms with Crippen molar-refractivity contribution in [3.05, 3.63) is 96.1 Å². The average Bonchev–Trinajstić information content (AvgIpc) is 0.779. The largest absolute Gasteiger partial charge is 0.505 e. The van der Waals surface area contributed by atoms with Gasteiger partial charge in [-0.1, -0.05) is 36.4 Å². The van der Waals surface area contributed by atoms with Crippen molar-refractivity contribution in [1.29, 1.82) is 0 Å². The molecule has 0 fully saturated rings. The van der Waals surface area contributed by atoms with Crippen LogP contribution < -0.4 is 11.5 Å². The maximum Gasteiger partial charge on any atom is 0.296 e. The number of nitrogens with zero attached hydrogens (tertiary/aromatic N) is 8. The fourth-order valence-electron chi connectivity index (χ4n) is 8.63. The predicted octanol–water partition coefficient (Wildman–Crippen LogP) is -0.382. The highest BCUT2D eigenvalue weighted by molar-refractivity contribution is 7.86. The van der Waals surface area contributed by atoms with E-state index in [2.05, 4.69) is 20.5 Å². The minimum absolute atomic E-state index is 0.0438. The third-order valence-electron chi connectivity index (χ3n) is 13.2. The minimum Gasteiger partial charge on any atom is -0.505 e. The normalized spacial score (nSPS) is 12.2. The molecule has 40 heteroatoms. The molecule has 0 spiro atoms. The third kappa shape index (κ3) is 29.8. The lowest BCUT2D eigenvalue weighted by atomic mass is 10.1. The van der Waals surface area contributed by atoms with E-state index >= 15 is 0 Å². The lowest BCUT2D eigenvalue weighted by Crippen LogP contribution is -2.32. The van der Waals surface area contributed by atoms with Gasteiger partial charge in [-0.2, -0.15) is 43.9 Å². The molecule has 0 bridgehead atoms. The Labute approximate surface area is 565 Å². The Hall–Kier alpha value is -7.02. The van der Waals surface area contributed by atoms with Gasteiger partial charge in [-0.15, -0.1) is 10.2 Å². The van der Waals surface area contributed by atoms with Crippen molar-refractivity contribution in [2.45, 2.75) is 19.6 Å². The zero-order chi connectivity index (χ0) is 73.8. The zero-order valence-corrected chi connectivity index (χ0v) is 56.2. The number of phenolic OH excluding ortho intramolecular Hbond substituents is 2. The van der Waals surface area contributed by atoms with Crippen molar-refractivity contribution in [1.82, 2.24) is 19.6 Å². The van der Waals surface area contributed by atoms with E-state index < -0.39 is 82.9 Å². The molecule has 0 radical (unpaired) electrons. The molecular weight excluding hydrogens is 1380 g/mol. The maximum absolute atomic E-state index is 12.4. The molecule has 0 heterocycles. The summed E-state index contributed by atoms with van der Waals surface area (Å²) in [5.74, 6) is -1.48. The summed E-state index contributed by atoms with van der Waals surface area (Å²) in [5, 5.41) is 139. The van der Waals surface area contributed by atoms with E-state index in [1.807, 2.05) is 0 Å². The van der Waals surface area contributed by atoms with Crippen LogP contribution in [-0.2, 0) is 40.5 Å². The summed E-state index contributed by atoms with van der Waals surface area (Å²) < 4.78 is 138. The number of benzene rings is 6. The van der Waals surface area contributed by atoms with Gasteiger partial charge in [0, 0.05) is 101 Å².